The van der Waals surface area contributed by atoms with Crippen molar-refractivity contribution in [1.82, 2.24) is 9.80 Å². The number of rotatable bonds is 0. The van der Waals surface area contributed by atoms with E-state index in [0.717, 1.165) is 24.0 Å². The smallest absolute Gasteiger partial charge is 0.0818 e. The van der Waals surface area contributed by atoms with Gasteiger partial charge in [-0.3, -0.25) is 4.90 Å². The lowest BCUT2D eigenvalue weighted by atomic mass is 9.71. The minimum atomic E-state index is 0.752. The molecule has 2 nitrogen and oxygen atoms in total. The van der Waals surface area contributed by atoms with Gasteiger partial charge < -0.3 is 4.90 Å². The van der Waals surface area contributed by atoms with E-state index in [9.17, 15) is 0 Å². The lowest BCUT2D eigenvalue weighted by Crippen LogP contribution is -2.64. The molecule has 3 fully saturated rings. The highest BCUT2D eigenvalue weighted by Gasteiger charge is 2.46. The fraction of sp³-hybridized carbons (Fsp3) is 0.867. The van der Waals surface area contributed by atoms with E-state index in [1.807, 2.05) is 0 Å². The summed E-state index contributed by atoms with van der Waals surface area (Å²) in [5.41, 5.74) is 0. The first-order valence-corrected chi connectivity index (χ1v) is 7.61. The summed E-state index contributed by atoms with van der Waals surface area (Å²) in [6.07, 6.45) is 15.7. The van der Waals surface area contributed by atoms with Gasteiger partial charge in [-0.05, 0) is 56.6 Å². The van der Waals surface area contributed by atoms with Crippen molar-refractivity contribution >= 4 is 0 Å². The highest BCUT2D eigenvalue weighted by molar-refractivity contribution is 5.07. The third-order valence-electron chi connectivity index (χ3n) is 5.57. The summed E-state index contributed by atoms with van der Waals surface area (Å²) in [5.74, 6) is 1.94. The van der Waals surface area contributed by atoms with Gasteiger partial charge in [0.15, 0.2) is 0 Å². The van der Waals surface area contributed by atoms with Gasteiger partial charge in [0, 0.05) is 19.1 Å². The van der Waals surface area contributed by atoms with E-state index < -0.39 is 0 Å². The zero-order valence-corrected chi connectivity index (χ0v) is 10.7. The minimum absolute atomic E-state index is 0.752. The van der Waals surface area contributed by atoms with E-state index in [1.54, 1.807) is 0 Å². The Kier molecular flexibility index (Phi) is 2.46. The van der Waals surface area contributed by atoms with E-state index in [0.29, 0.717) is 0 Å². The Hall–Kier alpha value is -0.500. The van der Waals surface area contributed by atoms with E-state index in [-0.39, 0.29) is 0 Å². The third-order valence-corrected chi connectivity index (χ3v) is 5.57. The molecular formula is C15H24N2. The van der Waals surface area contributed by atoms with Gasteiger partial charge in [0.25, 0.3) is 0 Å². The average Bonchev–Trinajstić information content (AvgIpc) is 2.39. The van der Waals surface area contributed by atoms with Crippen LogP contribution in [-0.4, -0.2) is 35.1 Å². The molecule has 0 radical (unpaired) electrons. The van der Waals surface area contributed by atoms with Crippen molar-refractivity contribution in [3.8, 4) is 0 Å². The fourth-order valence-electron chi connectivity index (χ4n) is 4.89. The highest BCUT2D eigenvalue weighted by Crippen LogP contribution is 2.44. The number of hydrogen-bond donors (Lipinski definition) is 0. The van der Waals surface area contributed by atoms with Crippen LogP contribution < -0.4 is 0 Å². The van der Waals surface area contributed by atoms with Gasteiger partial charge in [-0.2, -0.15) is 0 Å². The van der Waals surface area contributed by atoms with Crippen molar-refractivity contribution in [2.75, 3.05) is 13.1 Å². The molecule has 17 heavy (non-hydrogen) atoms. The van der Waals surface area contributed by atoms with Crippen molar-refractivity contribution in [3.05, 3.63) is 12.3 Å². The Morgan fingerprint density at radius 3 is 2.88 bits per heavy atom. The molecule has 2 heteroatoms. The lowest BCUT2D eigenvalue weighted by molar-refractivity contribution is -0.0917. The summed E-state index contributed by atoms with van der Waals surface area (Å²) in [6.45, 7) is 2.75. The molecule has 4 atom stereocenters. The predicted molar refractivity (Wildman–Crippen MR) is 69.4 cm³/mol. The number of piperidine rings is 1. The molecule has 4 rings (SSSR count). The van der Waals surface area contributed by atoms with Crippen LogP contribution in [0.2, 0.25) is 0 Å². The summed E-state index contributed by atoms with van der Waals surface area (Å²) in [6, 6.07) is 0.896. The van der Waals surface area contributed by atoms with Crippen molar-refractivity contribution in [2.45, 2.75) is 57.2 Å². The largest absolute Gasteiger partial charge is 0.359 e. The van der Waals surface area contributed by atoms with Crippen molar-refractivity contribution in [1.29, 1.82) is 0 Å². The number of nitrogens with zero attached hydrogens (tertiary/aromatic N) is 2. The maximum absolute atomic E-state index is 2.78. The molecule has 3 heterocycles. The van der Waals surface area contributed by atoms with Crippen LogP contribution in [0.15, 0.2) is 12.3 Å². The first-order valence-electron chi connectivity index (χ1n) is 7.61. The summed E-state index contributed by atoms with van der Waals surface area (Å²) in [4.78, 5) is 5.54. The molecule has 0 aromatic carbocycles. The molecule has 0 amide bonds. The Morgan fingerprint density at radius 2 is 1.88 bits per heavy atom. The minimum Gasteiger partial charge on any atom is -0.359 e. The molecule has 0 aromatic heterocycles. The second-order valence-electron chi connectivity index (χ2n) is 6.48. The second kappa shape index (κ2) is 4.01. The molecule has 3 aliphatic heterocycles. The fourth-order valence-corrected chi connectivity index (χ4v) is 4.89. The van der Waals surface area contributed by atoms with Gasteiger partial charge in [-0.15, -0.1) is 0 Å². The molecule has 4 aliphatic rings. The molecule has 1 aliphatic carbocycles. The van der Waals surface area contributed by atoms with Gasteiger partial charge in [0.05, 0.1) is 6.17 Å². The van der Waals surface area contributed by atoms with Crippen LogP contribution in [0.1, 0.15) is 44.9 Å². The monoisotopic (exact) mass is 232 g/mol. The average molecular weight is 232 g/mol. The first kappa shape index (κ1) is 10.4. The van der Waals surface area contributed by atoms with Crippen LogP contribution in [0.4, 0.5) is 0 Å². The van der Waals surface area contributed by atoms with E-state index >= 15 is 0 Å². The molecule has 2 saturated heterocycles. The van der Waals surface area contributed by atoms with Gasteiger partial charge in [0.1, 0.15) is 0 Å². The van der Waals surface area contributed by atoms with Crippen molar-refractivity contribution in [2.24, 2.45) is 11.8 Å². The summed E-state index contributed by atoms with van der Waals surface area (Å²) >= 11 is 0. The molecule has 1 saturated carbocycles. The Bertz CT molecular complexity index is 325. The van der Waals surface area contributed by atoms with Crippen LogP contribution >= 0.6 is 0 Å². The number of allylic oxidation sites excluding steroid dienone is 1. The topological polar surface area (TPSA) is 6.48 Å². The van der Waals surface area contributed by atoms with Crippen molar-refractivity contribution in [3.63, 3.8) is 0 Å². The Balaban J connectivity index is 1.67. The predicted octanol–water partition coefficient (Wildman–Crippen LogP) is 2.82. The van der Waals surface area contributed by atoms with E-state index in [2.05, 4.69) is 22.1 Å². The van der Waals surface area contributed by atoms with Crippen LogP contribution in [0.3, 0.4) is 0 Å². The quantitative estimate of drug-likeness (QED) is 0.633. The second-order valence-corrected chi connectivity index (χ2v) is 6.48. The lowest BCUT2D eigenvalue weighted by Gasteiger charge is -2.58. The molecule has 0 N–H and O–H groups in total. The molecule has 0 spiro atoms. The SMILES string of the molecule is C1=CN2[C@@H]3[C@H](C1)CCC[C@H]3CN1CCCC[C@@H]12. The van der Waals surface area contributed by atoms with Crippen molar-refractivity contribution < 1.29 is 0 Å². The Labute approximate surface area is 105 Å². The summed E-state index contributed by atoms with van der Waals surface area (Å²) < 4.78 is 0. The number of fused-ring (bicyclic) bond motifs is 2. The third kappa shape index (κ3) is 1.56. The summed E-state index contributed by atoms with van der Waals surface area (Å²) in [7, 11) is 0. The standard InChI is InChI=1S/C15H24N2/c1-2-9-16-11-13-6-3-5-12-7-4-10-17(15(12)13)14(16)8-1/h4,10,12-15H,1-3,5-9,11H2/t12-,13-,14-,15+/m0/s1. The van der Waals surface area contributed by atoms with Crippen LogP contribution in [0.25, 0.3) is 0 Å². The highest BCUT2D eigenvalue weighted by atomic mass is 15.4. The van der Waals surface area contributed by atoms with Gasteiger partial charge in [-0.25, -0.2) is 0 Å². The van der Waals surface area contributed by atoms with E-state index in [4.69, 9.17) is 0 Å². The maximum atomic E-state index is 2.78. The zero-order valence-electron chi connectivity index (χ0n) is 10.7. The van der Waals surface area contributed by atoms with E-state index in [1.165, 1.54) is 58.0 Å². The molecule has 0 bridgehead atoms. The maximum Gasteiger partial charge on any atom is 0.0818 e. The van der Waals surface area contributed by atoms with Gasteiger partial charge in [-0.1, -0.05) is 12.5 Å². The molecule has 0 unspecified atom stereocenters. The van der Waals surface area contributed by atoms with Gasteiger partial charge in [0.2, 0.25) is 0 Å². The van der Waals surface area contributed by atoms with Crippen LogP contribution in [-0.2, 0) is 0 Å². The van der Waals surface area contributed by atoms with Gasteiger partial charge >= 0.3 is 0 Å². The number of hydrogen-bond acceptors (Lipinski definition) is 2. The zero-order chi connectivity index (χ0) is 11.2. The first-order chi connectivity index (χ1) is 8.43. The Morgan fingerprint density at radius 1 is 0.941 bits per heavy atom. The van der Waals surface area contributed by atoms with Crippen LogP contribution in [0, 0.1) is 11.8 Å². The normalized spacial score (nSPS) is 45.3. The summed E-state index contributed by atoms with van der Waals surface area (Å²) in [5, 5.41) is 0. The van der Waals surface area contributed by atoms with Crippen LogP contribution in [0.5, 0.6) is 0 Å². The molecule has 94 valence electrons. The molecular weight excluding hydrogens is 208 g/mol. The molecule has 0 aromatic rings.